The van der Waals surface area contributed by atoms with Crippen LogP contribution in [-0.2, 0) is 9.53 Å². The maximum Gasteiger partial charge on any atom is 0.329 e. The van der Waals surface area contributed by atoms with E-state index in [9.17, 15) is 9.18 Å². The Kier molecular flexibility index (Phi) is 4.21. The van der Waals surface area contributed by atoms with E-state index in [-0.39, 0.29) is 22.2 Å². The number of hydrogen-bond donors (Lipinski definition) is 2. The molecule has 0 spiro atoms. The van der Waals surface area contributed by atoms with Crippen LogP contribution in [0.15, 0.2) is 18.2 Å². The zero-order valence-electron chi connectivity index (χ0n) is 10.1. The van der Waals surface area contributed by atoms with Crippen molar-refractivity contribution in [1.29, 1.82) is 0 Å². The Hall–Kier alpha value is -1.40. The number of thiocarbonyl (C=S) groups is 1. The monoisotopic (exact) mass is 302 g/mol. The Morgan fingerprint density at radius 1 is 1.58 bits per heavy atom. The summed E-state index contributed by atoms with van der Waals surface area (Å²) in [6.45, 7) is 1.82. The van der Waals surface area contributed by atoms with Crippen molar-refractivity contribution in [2.75, 3.05) is 5.32 Å². The predicted molar refractivity (Wildman–Crippen MR) is 74.7 cm³/mol. The minimum absolute atomic E-state index is 0.00157. The van der Waals surface area contributed by atoms with Gasteiger partial charge in [-0.1, -0.05) is 11.6 Å². The van der Waals surface area contributed by atoms with Crippen LogP contribution >= 0.6 is 23.8 Å². The number of cyclic esters (lactones) is 1. The van der Waals surface area contributed by atoms with E-state index >= 15 is 0 Å². The highest BCUT2D eigenvalue weighted by Crippen LogP contribution is 2.19. The molecule has 4 nitrogen and oxygen atoms in total. The summed E-state index contributed by atoms with van der Waals surface area (Å²) < 4.78 is 18.0. The van der Waals surface area contributed by atoms with Gasteiger partial charge in [-0.15, -0.1) is 0 Å². The van der Waals surface area contributed by atoms with E-state index < -0.39 is 11.9 Å². The largest absolute Gasteiger partial charge is 0.461 e. The van der Waals surface area contributed by atoms with E-state index in [0.717, 1.165) is 0 Å². The summed E-state index contributed by atoms with van der Waals surface area (Å²) in [6.07, 6.45) is 0.443. The number of anilines is 1. The summed E-state index contributed by atoms with van der Waals surface area (Å²) in [5.41, 5.74) is 0.545. The summed E-state index contributed by atoms with van der Waals surface area (Å²) in [6, 6.07) is 3.70. The normalized spacial score (nSPS) is 21.9. The average molecular weight is 303 g/mol. The zero-order valence-corrected chi connectivity index (χ0v) is 11.6. The van der Waals surface area contributed by atoms with Gasteiger partial charge in [-0.25, -0.2) is 9.18 Å². The molecule has 0 aromatic heterocycles. The summed E-state index contributed by atoms with van der Waals surface area (Å²) in [4.78, 5) is 11.4. The lowest BCUT2D eigenvalue weighted by molar-refractivity contribution is -0.142. The Labute approximate surface area is 120 Å². The van der Waals surface area contributed by atoms with Gasteiger partial charge in [0.2, 0.25) is 0 Å². The van der Waals surface area contributed by atoms with Crippen LogP contribution in [0.1, 0.15) is 13.3 Å². The fourth-order valence-electron chi connectivity index (χ4n) is 1.77. The lowest BCUT2D eigenvalue weighted by atomic mass is 10.2. The van der Waals surface area contributed by atoms with Gasteiger partial charge in [0.15, 0.2) is 5.11 Å². The van der Waals surface area contributed by atoms with Crippen LogP contribution < -0.4 is 10.6 Å². The van der Waals surface area contributed by atoms with Crippen LogP contribution in [0.25, 0.3) is 0 Å². The van der Waals surface area contributed by atoms with E-state index in [4.69, 9.17) is 28.6 Å². The highest BCUT2D eigenvalue weighted by atomic mass is 35.5. The number of carbonyl (C=O) groups excluding carboxylic acids is 1. The maximum absolute atomic E-state index is 13.0. The fourth-order valence-corrected chi connectivity index (χ4v) is 2.21. The molecule has 0 radical (unpaired) electrons. The molecule has 1 saturated heterocycles. The second-order valence-electron chi connectivity index (χ2n) is 4.26. The van der Waals surface area contributed by atoms with Crippen molar-refractivity contribution in [1.82, 2.24) is 5.32 Å². The van der Waals surface area contributed by atoms with Crippen LogP contribution in [0.3, 0.4) is 0 Å². The summed E-state index contributed by atoms with van der Waals surface area (Å²) in [7, 11) is 0. The SMILES string of the molecule is C[C@H]1C[C@H](NC(=S)Nc2ccc(F)c(Cl)c2)C(=O)O1. The smallest absolute Gasteiger partial charge is 0.329 e. The van der Waals surface area contributed by atoms with Crippen molar-refractivity contribution in [2.24, 2.45) is 0 Å². The van der Waals surface area contributed by atoms with Crippen LogP contribution in [0.5, 0.6) is 0 Å². The summed E-state index contributed by atoms with van der Waals surface area (Å²) in [5.74, 6) is -0.826. The second-order valence-corrected chi connectivity index (χ2v) is 5.08. The molecule has 19 heavy (non-hydrogen) atoms. The first-order chi connectivity index (χ1) is 8.95. The quantitative estimate of drug-likeness (QED) is 0.649. The molecule has 7 heteroatoms. The Balaban J connectivity index is 1.94. The number of halogens is 2. The molecule has 2 atom stereocenters. The second kappa shape index (κ2) is 5.71. The van der Waals surface area contributed by atoms with Crippen molar-refractivity contribution in [2.45, 2.75) is 25.5 Å². The number of hydrogen-bond acceptors (Lipinski definition) is 3. The van der Waals surface area contributed by atoms with Gasteiger partial charge >= 0.3 is 5.97 Å². The first-order valence-corrected chi connectivity index (χ1v) is 6.47. The molecule has 1 aromatic carbocycles. The number of rotatable bonds is 2. The van der Waals surface area contributed by atoms with E-state index in [1.54, 1.807) is 0 Å². The Morgan fingerprint density at radius 2 is 2.32 bits per heavy atom. The minimum atomic E-state index is -0.501. The van der Waals surface area contributed by atoms with Gasteiger partial charge in [0.1, 0.15) is 18.0 Å². The fraction of sp³-hybridized carbons (Fsp3) is 0.333. The topological polar surface area (TPSA) is 50.4 Å². The minimum Gasteiger partial charge on any atom is -0.461 e. The van der Waals surface area contributed by atoms with E-state index in [2.05, 4.69) is 10.6 Å². The number of nitrogens with one attached hydrogen (secondary N) is 2. The van der Waals surface area contributed by atoms with Crippen LogP contribution in [0, 0.1) is 5.82 Å². The standard InChI is InChI=1S/C12H12ClFN2O2S/c1-6-4-10(11(17)18-6)16-12(19)15-7-2-3-9(14)8(13)5-7/h2-3,5-6,10H,4H2,1H3,(H2,15,16,19)/t6-,10-/m0/s1. The van der Waals surface area contributed by atoms with Gasteiger partial charge in [-0.2, -0.15) is 0 Å². The van der Waals surface area contributed by atoms with Gasteiger partial charge in [-0.3, -0.25) is 0 Å². The molecule has 2 N–H and O–H groups in total. The number of carbonyl (C=O) groups is 1. The third-order valence-corrected chi connectivity index (χ3v) is 3.16. The molecule has 1 aliphatic rings. The molecule has 1 fully saturated rings. The number of benzene rings is 1. The van der Waals surface area contributed by atoms with Crippen molar-refractivity contribution in [3.8, 4) is 0 Å². The summed E-state index contributed by atoms with van der Waals surface area (Å²) >= 11 is 10.7. The van der Waals surface area contributed by atoms with E-state index in [0.29, 0.717) is 12.1 Å². The first-order valence-electron chi connectivity index (χ1n) is 5.69. The molecule has 1 heterocycles. The molecule has 0 bridgehead atoms. The molecule has 0 amide bonds. The van der Waals surface area contributed by atoms with Gasteiger partial charge in [0, 0.05) is 12.1 Å². The highest BCUT2D eigenvalue weighted by Gasteiger charge is 2.32. The maximum atomic E-state index is 13.0. The van der Waals surface area contributed by atoms with E-state index in [1.165, 1.54) is 18.2 Å². The third kappa shape index (κ3) is 3.54. The predicted octanol–water partition coefficient (Wildman–Crippen LogP) is 2.47. The summed E-state index contributed by atoms with van der Waals surface area (Å²) in [5, 5.41) is 5.95. The van der Waals surface area contributed by atoms with Gasteiger partial charge in [0.05, 0.1) is 5.02 Å². The molecule has 1 aromatic rings. The molecule has 0 saturated carbocycles. The van der Waals surface area contributed by atoms with Gasteiger partial charge in [0.25, 0.3) is 0 Å². The van der Waals surface area contributed by atoms with Crippen molar-refractivity contribution in [3.05, 3.63) is 29.0 Å². The molecular formula is C12H12ClFN2O2S. The lowest BCUT2D eigenvalue weighted by Gasteiger charge is -2.13. The molecule has 102 valence electrons. The van der Waals surface area contributed by atoms with Gasteiger partial charge in [-0.05, 0) is 37.3 Å². The molecule has 0 aliphatic carbocycles. The molecular weight excluding hydrogens is 291 g/mol. The Morgan fingerprint density at radius 3 is 2.89 bits per heavy atom. The van der Waals surface area contributed by atoms with Crippen LogP contribution in [0.2, 0.25) is 5.02 Å². The lowest BCUT2D eigenvalue weighted by Crippen LogP contribution is -2.40. The molecule has 1 aliphatic heterocycles. The third-order valence-electron chi connectivity index (χ3n) is 2.65. The van der Waals surface area contributed by atoms with Gasteiger partial charge < -0.3 is 15.4 Å². The molecule has 2 rings (SSSR count). The molecule has 0 unspecified atom stereocenters. The van der Waals surface area contributed by atoms with Crippen molar-refractivity contribution >= 4 is 40.6 Å². The average Bonchev–Trinajstić information content (AvgIpc) is 2.62. The Bertz CT molecular complexity index is 526. The first kappa shape index (κ1) is 14.0. The zero-order chi connectivity index (χ0) is 14.0. The number of esters is 1. The van der Waals surface area contributed by atoms with Crippen LogP contribution in [-0.4, -0.2) is 23.2 Å². The highest BCUT2D eigenvalue weighted by molar-refractivity contribution is 7.80. The van der Waals surface area contributed by atoms with Crippen molar-refractivity contribution < 1.29 is 13.9 Å². The van der Waals surface area contributed by atoms with Crippen molar-refractivity contribution in [3.63, 3.8) is 0 Å². The van der Waals surface area contributed by atoms with E-state index in [1.807, 2.05) is 6.92 Å². The number of ether oxygens (including phenoxy) is 1. The van der Waals surface area contributed by atoms with Crippen LogP contribution in [0.4, 0.5) is 10.1 Å².